The predicted molar refractivity (Wildman–Crippen MR) is 100 cm³/mol. The number of hydrogen-bond donors (Lipinski definition) is 2. The van der Waals surface area contributed by atoms with Gasteiger partial charge in [-0.25, -0.2) is 9.97 Å². The number of hydrogen-bond acceptors (Lipinski definition) is 5. The molecule has 0 spiro atoms. The van der Waals surface area contributed by atoms with Crippen LogP contribution in [0.1, 0.15) is 77.0 Å². The van der Waals surface area contributed by atoms with E-state index in [0.717, 1.165) is 80.9 Å². The molecule has 2 aromatic heterocycles. The molecule has 1 saturated heterocycles. The zero-order valence-corrected chi connectivity index (χ0v) is 15.6. The van der Waals surface area contributed by atoms with E-state index in [9.17, 15) is 4.79 Å². The summed E-state index contributed by atoms with van der Waals surface area (Å²) < 4.78 is 0. The monoisotopic (exact) mass is 366 g/mol. The maximum Gasteiger partial charge on any atom is 0.275 e. The lowest BCUT2D eigenvalue weighted by Gasteiger charge is -2.25. The minimum absolute atomic E-state index is 0.0317. The van der Waals surface area contributed by atoms with Gasteiger partial charge in [-0.2, -0.15) is 5.10 Å². The molecule has 4 heterocycles. The highest BCUT2D eigenvalue weighted by atomic mass is 16.2. The van der Waals surface area contributed by atoms with Crippen LogP contribution in [0.2, 0.25) is 0 Å². The first-order chi connectivity index (χ1) is 13.3. The number of nitrogens with one attached hydrogen (secondary N) is 2. The largest absolute Gasteiger partial charge is 0.327 e. The van der Waals surface area contributed by atoms with Crippen molar-refractivity contribution in [3.8, 4) is 0 Å². The topological polar surface area (TPSA) is 86.8 Å². The normalized spacial score (nSPS) is 22.2. The Hall–Kier alpha value is -2.28. The summed E-state index contributed by atoms with van der Waals surface area (Å²) in [4.78, 5) is 24.7. The van der Waals surface area contributed by atoms with Gasteiger partial charge >= 0.3 is 0 Å². The molecule has 1 atom stereocenters. The van der Waals surface area contributed by atoms with Crippen molar-refractivity contribution in [2.75, 3.05) is 13.1 Å². The van der Waals surface area contributed by atoms with E-state index in [2.05, 4.69) is 20.5 Å². The van der Waals surface area contributed by atoms with Crippen LogP contribution in [-0.4, -0.2) is 44.1 Å². The average Bonchev–Trinajstić information content (AvgIpc) is 3.29. The number of H-pyrrole nitrogens is 1. The SMILES string of the molecule is O=C(c1n[nH]c2c1CCCCC2)N1CCC[C@H]1c1ncc2c(n1)CCNC2. The highest BCUT2D eigenvalue weighted by molar-refractivity contribution is 5.94. The van der Waals surface area contributed by atoms with Gasteiger partial charge in [0.2, 0.25) is 0 Å². The Morgan fingerprint density at radius 2 is 2.07 bits per heavy atom. The Balaban J connectivity index is 1.43. The molecule has 3 aliphatic rings. The molecule has 0 saturated carbocycles. The van der Waals surface area contributed by atoms with Crippen LogP contribution in [0.25, 0.3) is 0 Å². The summed E-state index contributed by atoms with van der Waals surface area (Å²) in [6.45, 7) is 2.55. The number of carbonyl (C=O) groups is 1. The molecule has 7 heteroatoms. The Labute approximate surface area is 159 Å². The van der Waals surface area contributed by atoms with E-state index in [4.69, 9.17) is 4.98 Å². The zero-order chi connectivity index (χ0) is 18.2. The Morgan fingerprint density at radius 1 is 1.15 bits per heavy atom. The first-order valence-electron chi connectivity index (χ1n) is 10.2. The molecule has 7 nitrogen and oxygen atoms in total. The first kappa shape index (κ1) is 16.9. The van der Waals surface area contributed by atoms with Crippen molar-refractivity contribution in [1.29, 1.82) is 0 Å². The number of aryl methyl sites for hydroxylation is 1. The number of nitrogens with zero attached hydrogens (tertiary/aromatic N) is 4. The first-order valence-corrected chi connectivity index (χ1v) is 10.2. The van der Waals surface area contributed by atoms with Crippen molar-refractivity contribution >= 4 is 5.91 Å². The van der Waals surface area contributed by atoms with E-state index in [1.807, 2.05) is 11.1 Å². The molecule has 0 unspecified atom stereocenters. The highest BCUT2D eigenvalue weighted by Crippen LogP contribution is 2.33. The number of likely N-dealkylation sites (tertiary alicyclic amines) is 1. The summed E-state index contributed by atoms with van der Waals surface area (Å²) in [7, 11) is 0. The van der Waals surface area contributed by atoms with Crippen molar-refractivity contribution in [2.24, 2.45) is 0 Å². The zero-order valence-electron chi connectivity index (χ0n) is 15.6. The molecule has 0 radical (unpaired) electrons. The fourth-order valence-corrected chi connectivity index (χ4v) is 4.66. The van der Waals surface area contributed by atoms with Gasteiger partial charge in [0.05, 0.1) is 6.04 Å². The van der Waals surface area contributed by atoms with E-state index >= 15 is 0 Å². The molecule has 27 heavy (non-hydrogen) atoms. The highest BCUT2D eigenvalue weighted by Gasteiger charge is 2.35. The number of fused-ring (bicyclic) bond motifs is 2. The second kappa shape index (κ2) is 7.03. The third kappa shape index (κ3) is 3.04. The molecular weight excluding hydrogens is 340 g/mol. The van der Waals surface area contributed by atoms with Gasteiger partial charge in [0, 0.05) is 54.8 Å². The molecule has 2 aromatic rings. The van der Waals surface area contributed by atoms with Gasteiger partial charge in [0.1, 0.15) is 0 Å². The van der Waals surface area contributed by atoms with E-state index < -0.39 is 0 Å². The van der Waals surface area contributed by atoms with Crippen LogP contribution in [0, 0.1) is 0 Å². The number of amides is 1. The molecule has 1 aliphatic carbocycles. The van der Waals surface area contributed by atoms with Gasteiger partial charge in [-0.3, -0.25) is 9.89 Å². The summed E-state index contributed by atoms with van der Waals surface area (Å²) in [5.41, 5.74) is 5.23. The van der Waals surface area contributed by atoms with Gasteiger partial charge in [-0.15, -0.1) is 0 Å². The quantitative estimate of drug-likeness (QED) is 0.795. The van der Waals surface area contributed by atoms with Crippen LogP contribution in [0.4, 0.5) is 0 Å². The molecule has 0 bridgehead atoms. The Kier molecular flexibility index (Phi) is 4.39. The summed E-state index contributed by atoms with van der Waals surface area (Å²) >= 11 is 0. The van der Waals surface area contributed by atoms with Crippen molar-refractivity contribution in [2.45, 2.75) is 64.0 Å². The van der Waals surface area contributed by atoms with Crippen LogP contribution >= 0.6 is 0 Å². The second-order valence-corrected chi connectivity index (χ2v) is 7.87. The van der Waals surface area contributed by atoms with E-state index in [1.54, 1.807) is 0 Å². The average molecular weight is 366 g/mol. The van der Waals surface area contributed by atoms with Gasteiger partial charge in [0.15, 0.2) is 11.5 Å². The lowest BCUT2D eigenvalue weighted by atomic mass is 10.1. The molecule has 1 amide bonds. The summed E-state index contributed by atoms with van der Waals surface area (Å²) in [5.74, 6) is 0.836. The number of aromatic amines is 1. The minimum atomic E-state index is -0.0317. The second-order valence-electron chi connectivity index (χ2n) is 7.87. The van der Waals surface area contributed by atoms with Crippen LogP contribution in [0.3, 0.4) is 0 Å². The maximum atomic E-state index is 13.3. The standard InChI is InChI=1S/C20H26N6O/c27-20(18-14-5-2-1-3-6-16(14)24-25-18)26-10-4-7-17(26)19-22-12-13-11-21-9-8-15(13)23-19/h12,17,21H,1-11H2,(H,24,25)/t17-/m0/s1. The lowest BCUT2D eigenvalue weighted by molar-refractivity contribution is 0.0722. The summed E-state index contributed by atoms with van der Waals surface area (Å²) in [6, 6.07) is -0.0317. The number of aromatic nitrogens is 4. The van der Waals surface area contributed by atoms with Crippen LogP contribution < -0.4 is 5.32 Å². The molecular formula is C20H26N6O. The Bertz CT molecular complexity index is 860. The van der Waals surface area contributed by atoms with E-state index in [1.165, 1.54) is 18.4 Å². The van der Waals surface area contributed by atoms with E-state index in [-0.39, 0.29) is 11.9 Å². The van der Waals surface area contributed by atoms with Crippen LogP contribution in [0.5, 0.6) is 0 Å². The van der Waals surface area contributed by atoms with E-state index in [0.29, 0.717) is 5.69 Å². The van der Waals surface area contributed by atoms with Crippen LogP contribution in [-0.2, 0) is 25.8 Å². The van der Waals surface area contributed by atoms with Crippen molar-refractivity contribution < 1.29 is 4.79 Å². The predicted octanol–water partition coefficient (Wildman–Crippen LogP) is 2.09. The molecule has 0 aromatic carbocycles. The third-order valence-corrected chi connectivity index (χ3v) is 6.15. The van der Waals surface area contributed by atoms with Crippen molar-refractivity contribution in [3.05, 3.63) is 40.2 Å². The molecule has 142 valence electrons. The summed E-state index contributed by atoms with van der Waals surface area (Å²) in [5, 5.41) is 10.9. The Morgan fingerprint density at radius 3 is 3.04 bits per heavy atom. The molecule has 1 fully saturated rings. The van der Waals surface area contributed by atoms with Crippen LogP contribution in [0.15, 0.2) is 6.20 Å². The lowest BCUT2D eigenvalue weighted by Crippen LogP contribution is -2.33. The minimum Gasteiger partial charge on any atom is -0.327 e. The van der Waals surface area contributed by atoms with Gasteiger partial charge in [-0.05, 0) is 38.5 Å². The fourth-order valence-electron chi connectivity index (χ4n) is 4.66. The fraction of sp³-hybridized carbons (Fsp3) is 0.600. The third-order valence-electron chi connectivity index (χ3n) is 6.15. The molecule has 2 aliphatic heterocycles. The smallest absolute Gasteiger partial charge is 0.275 e. The number of rotatable bonds is 2. The van der Waals surface area contributed by atoms with Crippen molar-refractivity contribution in [3.63, 3.8) is 0 Å². The molecule has 5 rings (SSSR count). The summed E-state index contributed by atoms with van der Waals surface area (Å²) in [6.07, 6.45) is 10.3. The van der Waals surface area contributed by atoms with Crippen molar-refractivity contribution in [1.82, 2.24) is 30.4 Å². The van der Waals surface area contributed by atoms with Gasteiger partial charge < -0.3 is 10.2 Å². The number of carbonyl (C=O) groups excluding carboxylic acids is 1. The maximum absolute atomic E-state index is 13.3. The molecule has 2 N–H and O–H groups in total. The van der Waals surface area contributed by atoms with Gasteiger partial charge in [0.25, 0.3) is 5.91 Å². The van der Waals surface area contributed by atoms with Gasteiger partial charge in [-0.1, -0.05) is 6.42 Å².